The topological polar surface area (TPSA) is 185 Å². The SMILES string of the molecule is Nc1c(Nc2ncnc(Cl)n2)c(S(=O)(=O)O)cc2cc(S(=O)(=O)O)ccc12. The van der Waals surface area contributed by atoms with Gasteiger partial charge in [-0.25, -0.2) is 9.97 Å². The van der Waals surface area contributed by atoms with Crippen molar-refractivity contribution >= 4 is 59.9 Å². The van der Waals surface area contributed by atoms with Crippen LogP contribution in [0.15, 0.2) is 40.4 Å². The van der Waals surface area contributed by atoms with E-state index in [4.69, 9.17) is 21.9 Å². The lowest BCUT2D eigenvalue weighted by molar-refractivity contribution is 0.481. The van der Waals surface area contributed by atoms with E-state index in [0.717, 1.165) is 24.5 Å². The number of hydrogen-bond acceptors (Lipinski definition) is 9. The average molecular weight is 432 g/mol. The van der Waals surface area contributed by atoms with E-state index in [0.29, 0.717) is 0 Å². The maximum atomic E-state index is 11.8. The highest BCUT2D eigenvalue weighted by Crippen LogP contribution is 2.37. The maximum Gasteiger partial charge on any atom is 0.296 e. The van der Waals surface area contributed by atoms with E-state index in [-0.39, 0.29) is 33.4 Å². The smallest absolute Gasteiger partial charge is 0.296 e. The molecule has 14 heteroatoms. The van der Waals surface area contributed by atoms with Gasteiger partial charge in [-0.1, -0.05) is 6.07 Å². The molecule has 0 amide bonds. The van der Waals surface area contributed by atoms with Gasteiger partial charge in [0.05, 0.1) is 16.3 Å². The third kappa shape index (κ3) is 3.91. The molecule has 0 atom stereocenters. The molecule has 3 aromatic rings. The van der Waals surface area contributed by atoms with Crippen LogP contribution in [-0.2, 0) is 20.2 Å². The zero-order chi connectivity index (χ0) is 20.0. The summed E-state index contributed by atoms with van der Waals surface area (Å²) in [5.41, 5.74) is 5.62. The van der Waals surface area contributed by atoms with Gasteiger partial charge < -0.3 is 11.1 Å². The van der Waals surface area contributed by atoms with Gasteiger partial charge in [0.2, 0.25) is 11.2 Å². The minimum absolute atomic E-state index is 0.0504. The molecule has 0 aliphatic heterocycles. The second-order valence-corrected chi connectivity index (χ2v) is 8.35. The number of aromatic nitrogens is 3. The van der Waals surface area contributed by atoms with Crippen LogP contribution in [0.3, 0.4) is 0 Å². The Morgan fingerprint density at radius 2 is 1.74 bits per heavy atom. The summed E-state index contributed by atoms with van der Waals surface area (Å²) in [7, 11) is -9.31. The number of nitrogens with two attached hydrogens (primary N) is 1. The number of hydrogen-bond donors (Lipinski definition) is 4. The fourth-order valence-electron chi connectivity index (χ4n) is 2.33. The number of halogens is 1. The highest BCUT2D eigenvalue weighted by atomic mass is 35.5. The molecule has 11 nitrogen and oxygen atoms in total. The van der Waals surface area contributed by atoms with E-state index in [1.807, 2.05) is 0 Å². The van der Waals surface area contributed by atoms with Crippen LogP contribution in [0, 0.1) is 0 Å². The Labute approximate surface area is 157 Å². The maximum absolute atomic E-state index is 11.8. The van der Waals surface area contributed by atoms with Gasteiger partial charge in [-0.05, 0) is 35.2 Å². The molecule has 0 aliphatic rings. The Bertz CT molecular complexity index is 1280. The van der Waals surface area contributed by atoms with Crippen molar-refractivity contribution in [2.75, 3.05) is 11.1 Å². The molecule has 0 saturated heterocycles. The molecule has 3 rings (SSSR count). The minimum atomic E-state index is -4.78. The lowest BCUT2D eigenvalue weighted by atomic mass is 10.1. The van der Waals surface area contributed by atoms with Gasteiger partial charge in [-0.3, -0.25) is 9.11 Å². The van der Waals surface area contributed by atoms with Crippen LogP contribution < -0.4 is 11.1 Å². The molecule has 0 spiro atoms. The highest BCUT2D eigenvalue weighted by molar-refractivity contribution is 7.86. The van der Waals surface area contributed by atoms with Crippen LogP contribution in [0.2, 0.25) is 5.28 Å². The van der Waals surface area contributed by atoms with Crippen molar-refractivity contribution in [3.63, 3.8) is 0 Å². The quantitative estimate of drug-likeness (QED) is 0.346. The van der Waals surface area contributed by atoms with Crippen LogP contribution in [0.4, 0.5) is 17.3 Å². The summed E-state index contributed by atoms with van der Waals surface area (Å²) in [5.74, 6) is -0.138. The minimum Gasteiger partial charge on any atom is -0.397 e. The van der Waals surface area contributed by atoms with Crippen LogP contribution in [0.1, 0.15) is 0 Å². The number of fused-ring (bicyclic) bond motifs is 1. The standard InChI is InChI=1S/C13H10ClN5O6S2/c14-12-16-5-17-13(19-12)18-11-9(27(23,24)25)4-6-3-7(26(20,21)22)1-2-8(6)10(11)15/h1-5H,15H2,(H,20,21,22)(H,23,24,25)(H,16,17,18,19). The first-order valence-electron chi connectivity index (χ1n) is 6.89. The Morgan fingerprint density at radius 1 is 1.04 bits per heavy atom. The predicted molar refractivity (Wildman–Crippen MR) is 96.1 cm³/mol. The largest absolute Gasteiger partial charge is 0.397 e. The Hall–Kier alpha value is -2.58. The van der Waals surface area contributed by atoms with Gasteiger partial charge in [-0.2, -0.15) is 21.8 Å². The zero-order valence-corrected chi connectivity index (χ0v) is 15.4. The molecule has 0 aliphatic carbocycles. The van der Waals surface area contributed by atoms with E-state index < -0.39 is 30.0 Å². The van der Waals surface area contributed by atoms with E-state index >= 15 is 0 Å². The molecular formula is C13H10ClN5O6S2. The number of benzene rings is 2. The lowest BCUT2D eigenvalue weighted by Crippen LogP contribution is -2.09. The Balaban J connectivity index is 2.30. The van der Waals surface area contributed by atoms with Crippen molar-refractivity contribution in [1.29, 1.82) is 0 Å². The van der Waals surface area contributed by atoms with Crippen molar-refractivity contribution in [2.45, 2.75) is 9.79 Å². The summed E-state index contributed by atoms with van der Waals surface area (Å²) in [5, 5.41) is 2.68. The molecule has 0 unspecified atom stereocenters. The normalized spacial score (nSPS) is 12.3. The molecule has 1 aromatic heterocycles. The van der Waals surface area contributed by atoms with Gasteiger partial charge in [-0.15, -0.1) is 0 Å². The molecule has 1 heterocycles. The fourth-order valence-corrected chi connectivity index (χ4v) is 3.66. The highest BCUT2D eigenvalue weighted by Gasteiger charge is 2.22. The molecule has 142 valence electrons. The first kappa shape index (κ1) is 19.2. The van der Waals surface area contributed by atoms with Crippen LogP contribution in [-0.4, -0.2) is 40.9 Å². The molecule has 0 fully saturated rings. The van der Waals surface area contributed by atoms with Crippen molar-refractivity contribution in [3.05, 3.63) is 35.9 Å². The zero-order valence-electron chi connectivity index (χ0n) is 13.0. The van der Waals surface area contributed by atoms with Crippen molar-refractivity contribution < 1.29 is 25.9 Å². The second-order valence-electron chi connectivity index (χ2n) is 5.20. The number of nitrogens with zero attached hydrogens (tertiary/aromatic N) is 3. The van der Waals surface area contributed by atoms with Crippen molar-refractivity contribution in [3.8, 4) is 0 Å². The molecule has 2 aromatic carbocycles. The summed E-state index contributed by atoms with van der Waals surface area (Å²) in [6.07, 6.45) is 1.07. The van der Waals surface area contributed by atoms with Crippen molar-refractivity contribution in [2.24, 2.45) is 0 Å². The summed E-state index contributed by atoms with van der Waals surface area (Å²) < 4.78 is 64.9. The summed E-state index contributed by atoms with van der Waals surface area (Å²) in [4.78, 5) is 9.96. The third-order valence-corrected chi connectivity index (χ3v) is 5.38. The molecule has 5 N–H and O–H groups in total. The van der Waals surface area contributed by atoms with Crippen LogP contribution in [0.5, 0.6) is 0 Å². The van der Waals surface area contributed by atoms with E-state index in [1.165, 1.54) is 6.07 Å². The summed E-state index contributed by atoms with van der Waals surface area (Å²) in [6, 6.07) is 4.36. The predicted octanol–water partition coefficient (Wildman–Crippen LogP) is 1.50. The number of nitrogens with one attached hydrogen (secondary N) is 1. The Morgan fingerprint density at radius 3 is 2.33 bits per heavy atom. The van der Waals surface area contributed by atoms with Gasteiger partial charge >= 0.3 is 0 Å². The van der Waals surface area contributed by atoms with Crippen LogP contribution >= 0.6 is 11.6 Å². The fraction of sp³-hybridized carbons (Fsp3) is 0. The molecular weight excluding hydrogens is 422 g/mol. The third-order valence-electron chi connectivity index (χ3n) is 3.47. The van der Waals surface area contributed by atoms with Gasteiger partial charge in [0.15, 0.2) is 0 Å². The first-order valence-corrected chi connectivity index (χ1v) is 10.2. The Kier molecular flexibility index (Phi) is 4.65. The van der Waals surface area contributed by atoms with Crippen LogP contribution in [0.25, 0.3) is 10.8 Å². The van der Waals surface area contributed by atoms with Gasteiger partial charge in [0.25, 0.3) is 20.2 Å². The second kappa shape index (κ2) is 6.54. The molecule has 0 saturated carbocycles. The van der Waals surface area contributed by atoms with Gasteiger partial charge in [0.1, 0.15) is 11.2 Å². The van der Waals surface area contributed by atoms with E-state index in [1.54, 1.807) is 0 Å². The summed E-state index contributed by atoms with van der Waals surface area (Å²) in [6.45, 7) is 0. The molecule has 27 heavy (non-hydrogen) atoms. The summed E-state index contributed by atoms with van der Waals surface area (Å²) >= 11 is 5.65. The van der Waals surface area contributed by atoms with E-state index in [2.05, 4.69) is 20.3 Å². The number of anilines is 3. The molecule has 0 radical (unpaired) electrons. The monoisotopic (exact) mass is 431 g/mol. The van der Waals surface area contributed by atoms with Crippen molar-refractivity contribution in [1.82, 2.24) is 15.0 Å². The van der Waals surface area contributed by atoms with E-state index in [9.17, 15) is 21.4 Å². The average Bonchev–Trinajstić information content (AvgIpc) is 2.55. The number of nitrogen functional groups attached to an aromatic ring is 1. The molecule has 0 bridgehead atoms. The lowest BCUT2D eigenvalue weighted by Gasteiger charge is -2.15. The number of rotatable bonds is 4. The first-order chi connectivity index (χ1) is 12.5. The van der Waals surface area contributed by atoms with Gasteiger partial charge in [0, 0.05) is 5.39 Å².